The normalized spacial score (nSPS) is 12.6. The Morgan fingerprint density at radius 3 is 2.50 bits per heavy atom. The zero-order chi connectivity index (χ0) is 13.7. The summed E-state index contributed by atoms with van der Waals surface area (Å²) in [6.45, 7) is 7.15. The molecule has 0 fully saturated rings. The Kier molecular flexibility index (Phi) is 5.19. The van der Waals surface area contributed by atoms with E-state index < -0.39 is 0 Å². The summed E-state index contributed by atoms with van der Waals surface area (Å²) in [6, 6.07) is 0. The number of anilines is 1. The first kappa shape index (κ1) is 14.5. The fourth-order valence-electron chi connectivity index (χ4n) is 2.13. The van der Waals surface area contributed by atoms with Crippen LogP contribution in [0.3, 0.4) is 0 Å². The van der Waals surface area contributed by atoms with Gasteiger partial charge in [-0.2, -0.15) is 0 Å². The van der Waals surface area contributed by atoms with Crippen LogP contribution in [-0.4, -0.2) is 9.13 Å². The number of nitrogen functional groups attached to an aromatic ring is 1. The number of hydrogen-bond donors (Lipinski definition) is 1. The lowest BCUT2D eigenvalue weighted by atomic mass is 10.1. The number of hydrogen-bond acceptors (Lipinski definition) is 3. The molecule has 0 amide bonds. The van der Waals surface area contributed by atoms with Gasteiger partial charge in [0.25, 0.3) is 5.56 Å². The van der Waals surface area contributed by atoms with Crippen LogP contribution in [0.2, 0.25) is 0 Å². The molecule has 0 spiro atoms. The van der Waals surface area contributed by atoms with Gasteiger partial charge in [-0.3, -0.25) is 13.9 Å². The summed E-state index contributed by atoms with van der Waals surface area (Å²) in [7, 11) is 0. The second-order valence-corrected chi connectivity index (χ2v) is 4.87. The Labute approximate surface area is 107 Å². The summed E-state index contributed by atoms with van der Waals surface area (Å²) in [4.78, 5) is 24.1. The molecule has 5 nitrogen and oxygen atoms in total. The molecule has 1 atom stereocenters. The van der Waals surface area contributed by atoms with Gasteiger partial charge in [0.1, 0.15) is 5.69 Å². The minimum Gasteiger partial charge on any atom is -0.393 e. The topological polar surface area (TPSA) is 70.0 Å². The molecule has 0 radical (unpaired) electrons. The van der Waals surface area contributed by atoms with Gasteiger partial charge in [-0.05, 0) is 18.8 Å². The number of nitrogens with zero attached hydrogens (tertiary/aromatic N) is 2. The minimum absolute atomic E-state index is 0.145. The maximum Gasteiger partial charge on any atom is 0.331 e. The SMILES string of the molecule is CCCC(C)Cn1c(=O)c(N)cn(CCC)c1=O. The van der Waals surface area contributed by atoms with Crippen LogP contribution in [0.15, 0.2) is 15.8 Å². The third-order valence-corrected chi connectivity index (χ3v) is 3.00. The van der Waals surface area contributed by atoms with Crippen LogP contribution >= 0.6 is 0 Å². The molecular weight excluding hydrogens is 230 g/mol. The Hall–Kier alpha value is -1.52. The summed E-state index contributed by atoms with van der Waals surface area (Å²) in [6.07, 6.45) is 4.33. The van der Waals surface area contributed by atoms with E-state index in [1.807, 2.05) is 13.8 Å². The van der Waals surface area contributed by atoms with E-state index in [4.69, 9.17) is 5.73 Å². The molecule has 1 rings (SSSR count). The molecular formula is C13H23N3O2. The van der Waals surface area contributed by atoms with E-state index in [0.717, 1.165) is 19.3 Å². The van der Waals surface area contributed by atoms with Crippen LogP contribution in [-0.2, 0) is 13.1 Å². The molecule has 0 aliphatic rings. The van der Waals surface area contributed by atoms with Crippen LogP contribution in [0.5, 0.6) is 0 Å². The lowest BCUT2D eigenvalue weighted by Gasteiger charge is -2.14. The van der Waals surface area contributed by atoms with E-state index in [0.29, 0.717) is 19.0 Å². The molecule has 0 aromatic carbocycles. The molecule has 0 bridgehead atoms. The summed E-state index contributed by atoms with van der Waals surface area (Å²) in [5, 5.41) is 0. The van der Waals surface area contributed by atoms with Crippen LogP contribution in [0.25, 0.3) is 0 Å². The van der Waals surface area contributed by atoms with Crippen LogP contribution in [0.4, 0.5) is 5.69 Å². The average molecular weight is 253 g/mol. The molecule has 2 N–H and O–H groups in total. The first-order valence-electron chi connectivity index (χ1n) is 6.61. The van der Waals surface area contributed by atoms with Crippen molar-refractivity contribution in [2.45, 2.75) is 53.1 Å². The van der Waals surface area contributed by atoms with Crippen molar-refractivity contribution in [1.82, 2.24) is 9.13 Å². The molecule has 5 heteroatoms. The molecule has 0 aliphatic heterocycles. The molecule has 18 heavy (non-hydrogen) atoms. The molecule has 102 valence electrons. The largest absolute Gasteiger partial charge is 0.393 e. The molecule has 0 saturated carbocycles. The van der Waals surface area contributed by atoms with Gasteiger partial charge in [-0.1, -0.05) is 27.2 Å². The molecule has 0 saturated heterocycles. The summed E-state index contributed by atoms with van der Waals surface area (Å²) in [5.74, 6) is 0.303. The highest BCUT2D eigenvalue weighted by molar-refractivity contribution is 5.30. The van der Waals surface area contributed by atoms with Crippen molar-refractivity contribution in [3.8, 4) is 0 Å². The van der Waals surface area contributed by atoms with Crippen LogP contribution in [0, 0.1) is 5.92 Å². The zero-order valence-electron chi connectivity index (χ0n) is 11.5. The van der Waals surface area contributed by atoms with Crippen molar-refractivity contribution < 1.29 is 0 Å². The first-order chi connectivity index (χ1) is 8.51. The van der Waals surface area contributed by atoms with Crippen molar-refractivity contribution in [3.05, 3.63) is 27.0 Å². The third kappa shape index (κ3) is 3.24. The standard InChI is InChI=1S/C13H23N3O2/c1-4-6-10(3)8-16-12(17)11(14)9-15(7-5-2)13(16)18/h9-10H,4-8,14H2,1-3H3. The smallest absolute Gasteiger partial charge is 0.331 e. The van der Waals surface area contributed by atoms with Gasteiger partial charge < -0.3 is 5.73 Å². The van der Waals surface area contributed by atoms with Gasteiger partial charge in [0.15, 0.2) is 0 Å². The first-order valence-corrected chi connectivity index (χ1v) is 6.61. The quantitative estimate of drug-likeness (QED) is 0.834. The summed E-state index contributed by atoms with van der Waals surface area (Å²) in [5.41, 5.74) is 5.21. The highest BCUT2D eigenvalue weighted by Gasteiger charge is 2.11. The number of aromatic nitrogens is 2. The average Bonchev–Trinajstić information content (AvgIpc) is 2.32. The second-order valence-electron chi connectivity index (χ2n) is 4.87. The lowest BCUT2D eigenvalue weighted by molar-refractivity contribution is 0.415. The van der Waals surface area contributed by atoms with Gasteiger partial charge in [-0.25, -0.2) is 4.79 Å². The summed E-state index contributed by atoms with van der Waals surface area (Å²) < 4.78 is 2.79. The van der Waals surface area contributed by atoms with Crippen molar-refractivity contribution in [3.63, 3.8) is 0 Å². The number of nitrogens with two attached hydrogens (primary N) is 1. The molecule has 0 aliphatic carbocycles. The predicted molar refractivity (Wildman–Crippen MR) is 73.7 cm³/mol. The Morgan fingerprint density at radius 2 is 1.94 bits per heavy atom. The fourth-order valence-corrected chi connectivity index (χ4v) is 2.13. The van der Waals surface area contributed by atoms with E-state index >= 15 is 0 Å². The van der Waals surface area contributed by atoms with Gasteiger partial charge in [-0.15, -0.1) is 0 Å². The monoisotopic (exact) mass is 253 g/mol. The lowest BCUT2D eigenvalue weighted by Crippen LogP contribution is -2.41. The van der Waals surface area contributed by atoms with E-state index in [2.05, 4.69) is 6.92 Å². The van der Waals surface area contributed by atoms with E-state index in [9.17, 15) is 9.59 Å². The highest BCUT2D eigenvalue weighted by Crippen LogP contribution is 2.06. The van der Waals surface area contributed by atoms with E-state index in [-0.39, 0.29) is 16.9 Å². The van der Waals surface area contributed by atoms with Crippen molar-refractivity contribution >= 4 is 5.69 Å². The number of aryl methyl sites for hydroxylation is 1. The minimum atomic E-state index is -0.365. The Morgan fingerprint density at radius 1 is 1.28 bits per heavy atom. The molecule has 1 unspecified atom stereocenters. The van der Waals surface area contributed by atoms with Gasteiger partial charge in [0.2, 0.25) is 0 Å². The Bertz CT molecular complexity index is 502. The van der Waals surface area contributed by atoms with Crippen LogP contribution < -0.4 is 17.0 Å². The predicted octanol–water partition coefficient (Wildman–Crippen LogP) is 1.44. The maximum absolute atomic E-state index is 12.1. The van der Waals surface area contributed by atoms with E-state index in [1.165, 1.54) is 15.3 Å². The highest BCUT2D eigenvalue weighted by atomic mass is 16.2. The zero-order valence-corrected chi connectivity index (χ0v) is 11.5. The molecule has 1 aromatic rings. The van der Waals surface area contributed by atoms with Crippen molar-refractivity contribution in [1.29, 1.82) is 0 Å². The third-order valence-electron chi connectivity index (χ3n) is 3.00. The van der Waals surface area contributed by atoms with Gasteiger partial charge >= 0.3 is 5.69 Å². The van der Waals surface area contributed by atoms with Crippen molar-refractivity contribution in [2.75, 3.05) is 5.73 Å². The van der Waals surface area contributed by atoms with E-state index in [1.54, 1.807) is 0 Å². The second kappa shape index (κ2) is 6.42. The maximum atomic E-state index is 12.1. The Balaban J connectivity index is 3.17. The molecule has 1 aromatic heterocycles. The van der Waals surface area contributed by atoms with Crippen LogP contribution in [0.1, 0.15) is 40.0 Å². The number of rotatable bonds is 6. The fraction of sp³-hybridized carbons (Fsp3) is 0.692. The van der Waals surface area contributed by atoms with Crippen molar-refractivity contribution in [2.24, 2.45) is 5.92 Å². The van der Waals surface area contributed by atoms with Gasteiger partial charge in [0, 0.05) is 19.3 Å². The molecule has 1 heterocycles. The summed E-state index contributed by atoms with van der Waals surface area (Å²) >= 11 is 0. The van der Waals surface area contributed by atoms with Gasteiger partial charge in [0.05, 0.1) is 0 Å².